The Labute approximate surface area is 376 Å². The molecule has 0 aliphatic carbocycles. The van der Waals surface area contributed by atoms with Gasteiger partial charge in [0.05, 0.1) is 5.56 Å². The SMILES string of the molecule is CC(=O)[C@@]1(OC(=O)CCc2ccccc2)C(OC(=O)CCc2ccccc2)c2c(OC(=O)CCc3ccccc3)cc(OC(=O)CCc3ccccc3)cc2O[C@@H]1c1ccc(O)c(O)c1. The average Bonchev–Trinajstić information content (AvgIpc) is 3.31. The molecule has 0 aromatic heterocycles. The van der Waals surface area contributed by atoms with Gasteiger partial charge >= 0.3 is 23.9 Å². The van der Waals surface area contributed by atoms with Crippen molar-refractivity contribution in [2.24, 2.45) is 0 Å². The minimum atomic E-state index is -2.54. The summed E-state index contributed by atoms with van der Waals surface area (Å²) >= 11 is 0. The molecule has 6 aromatic carbocycles. The van der Waals surface area contributed by atoms with Crippen LogP contribution < -0.4 is 14.2 Å². The molecule has 65 heavy (non-hydrogen) atoms. The van der Waals surface area contributed by atoms with E-state index in [4.69, 9.17) is 23.7 Å². The highest BCUT2D eigenvalue weighted by molar-refractivity contribution is 5.91. The first kappa shape index (κ1) is 45.3. The maximum absolute atomic E-state index is 14.6. The predicted octanol–water partition coefficient (Wildman–Crippen LogP) is 9.03. The van der Waals surface area contributed by atoms with Gasteiger partial charge in [-0.3, -0.25) is 24.0 Å². The number of carbonyl (C=O) groups excluding carboxylic acids is 5. The highest BCUT2D eigenvalue weighted by Gasteiger charge is 2.62. The maximum atomic E-state index is 14.6. The molecule has 1 aliphatic rings. The van der Waals surface area contributed by atoms with Gasteiger partial charge in [-0.1, -0.05) is 127 Å². The second-order valence-electron chi connectivity index (χ2n) is 15.7. The van der Waals surface area contributed by atoms with E-state index in [1.807, 2.05) is 121 Å². The number of rotatable bonds is 18. The average molecular weight is 877 g/mol. The number of aryl methyl sites for hydroxylation is 4. The molecular weight excluding hydrogens is 829 g/mol. The third-order valence-corrected chi connectivity index (χ3v) is 11.0. The predicted molar refractivity (Wildman–Crippen MR) is 238 cm³/mol. The topological polar surface area (TPSA) is 172 Å². The summed E-state index contributed by atoms with van der Waals surface area (Å²) < 4.78 is 31.1. The summed E-state index contributed by atoms with van der Waals surface area (Å²) in [7, 11) is 0. The molecule has 0 saturated carbocycles. The molecule has 6 aromatic rings. The number of ether oxygens (including phenoxy) is 5. The number of carbonyl (C=O) groups is 5. The zero-order valence-corrected chi connectivity index (χ0v) is 35.7. The van der Waals surface area contributed by atoms with Gasteiger partial charge in [0.1, 0.15) is 17.2 Å². The molecule has 2 N–H and O–H groups in total. The largest absolute Gasteiger partial charge is 0.504 e. The number of ketones is 1. The molecule has 7 rings (SSSR count). The van der Waals surface area contributed by atoms with Gasteiger partial charge < -0.3 is 33.9 Å². The lowest BCUT2D eigenvalue weighted by Gasteiger charge is -2.46. The van der Waals surface area contributed by atoms with Crippen molar-refractivity contribution in [3.63, 3.8) is 0 Å². The molecule has 0 spiro atoms. The normalized spacial score (nSPS) is 16.3. The summed E-state index contributed by atoms with van der Waals surface area (Å²) in [6.45, 7) is 1.14. The molecule has 12 heteroatoms. The second kappa shape index (κ2) is 21.1. The summed E-state index contributed by atoms with van der Waals surface area (Å²) in [4.78, 5) is 70.1. The van der Waals surface area contributed by atoms with Gasteiger partial charge in [-0.2, -0.15) is 0 Å². The van der Waals surface area contributed by atoms with Gasteiger partial charge in [-0.25, -0.2) is 0 Å². The Morgan fingerprint density at radius 2 is 1.00 bits per heavy atom. The monoisotopic (exact) mass is 876 g/mol. The van der Waals surface area contributed by atoms with E-state index in [2.05, 4.69) is 0 Å². The van der Waals surface area contributed by atoms with E-state index in [1.165, 1.54) is 18.2 Å². The number of benzene rings is 6. The molecule has 332 valence electrons. The third-order valence-electron chi connectivity index (χ3n) is 11.0. The smallest absolute Gasteiger partial charge is 0.311 e. The van der Waals surface area contributed by atoms with E-state index in [9.17, 15) is 34.2 Å². The summed E-state index contributed by atoms with van der Waals surface area (Å²) in [6.07, 6.45) is -2.91. The summed E-state index contributed by atoms with van der Waals surface area (Å²) in [6, 6.07) is 43.2. The minimum Gasteiger partial charge on any atom is -0.504 e. The van der Waals surface area contributed by atoms with Crippen LogP contribution in [0.1, 0.15) is 78.2 Å². The lowest BCUT2D eigenvalue weighted by molar-refractivity contribution is -0.212. The zero-order chi connectivity index (χ0) is 45.8. The van der Waals surface area contributed by atoms with Crippen molar-refractivity contribution in [2.75, 3.05) is 0 Å². The van der Waals surface area contributed by atoms with Crippen LogP contribution in [-0.4, -0.2) is 45.5 Å². The fourth-order valence-corrected chi connectivity index (χ4v) is 7.71. The van der Waals surface area contributed by atoms with Crippen molar-refractivity contribution in [1.82, 2.24) is 0 Å². The van der Waals surface area contributed by atoms with Crippen molar-refractivity contribution < 1.29 is 57.9 Å². The maximum Gasteiger partial charge on any atom is 0.311 e. The van der Waals surface area contributed by atoms with Crippen LogP contribution in [0.3, 0.4) is 0 Å². The molecular formula is C53H48O12. The van der Waals surface area contributed by atoms with Gasteiger partial charge in [0.25, 0.3) is 5.60 Å². The first-order valence-corrected chi connectivity index (χ1v) is 21.3. The number of fused-ring (bicyclic) bond motifs is 1. The Bertz CT molecular complexity index is 2610. The molecule has 0 bridgehead atoms. The summed E-state index contributed by atoms with van der Waals surface area (Å²) in [5, 5.41) is 21.1. The number of hydrogen-bond donors (Lipinski definition) is 2. The van der Waals surface area contributed by atoms with Gasteiger partial charge in [-0.15, -0.1) is 0 Å². The number of phenols is 2. The summed E-state index contributed by atoms with van der Waals surface area (Å²) in [5.74, 6) is -5.46. The molecule has 0 radical (unpaired) electrons. The van der Waals surface area contributed by atoms with Crippen LogP contribution in [0.15, 0.2) is 152 Å². The molecule has 12 nitrogen and oxygen atoms in total. The molecule has 1 heterocycles. The number of hydrogen-bond acceptors (Lipinski definition) is 12. The number of phenolic OH excluding ortho intramolecular Hbond substituents is 2. The highest BCUT2D eigenvalue weighted by atomic mass is 16.6. The van der Waals surface area contributed by atoms with Crippen molar-refractivity contribution in [1.29, 1.82) is 0 Å². The number of aromatic hydroxyl groups is 2. The van der Waals surface area contributed by atoms with E-state index in [1.54, 1.807) is 0 Å². The highest BCUT2D eigenvalue weighted by Crippen LogP contribution is 2.56. The second-order valence-corrected chi connectivity index (χ2v) is 15.7. The lowest BCUT2D eigenvalue weighted by atomic mass is 9.76. The number of Topliss-reactive ketones (excluding diaryl/α,β-unsaturated/α-hetero) is 1. The lowest BCUT2D eigenvalue weighted by Crippen LogP contribution is -2.57. The van der Waals surface area contributed by atoms with Crippen LogP contribution in [0.4, 0.5) is 0 Å². The van der Waals surface area contributed by atoms with Crippen LogP contribution in [0, 0.1) is 0 Å². The van der Waals surface area contributed by atoms with E-state index in [0.29, 0.717) is 12.8 Å². The quantitative estimate of drug-likeness (QED) is 0.0478. The van der Waals surface area contributed by atoms with Gasteiger partial charge in [0.15, 0.2) is 29.5 Å². The van der Waals surface area contributed by atoms with Crippen molar-refractivity contribution >= 4 is 29.7 Å². The Hall–Kier alpha value is -7.73. The zero-order valence-electron chi connectivity index (χ0n) is 35.7. The van der Waals surface area contributed by atoms with Crippen LogP contribution in [0.2, 0.25) is 0 Å². The van der Waals surface area contributed by atoms with Crippen molar-refractivity contribution in [3.8, 4) is 28.7 Å². The first-order valence-electron chi connectivity index (χ1n) is 21.3. The van der Waals surface area contributed by atoms with E-state index in [-0.39, 0.29) is 66.9 Å². The number of esters is 4. The Kier molecular flexibility index (Phi) is 14.7. The van der Waals surface area contributed by atoms with Gasteiger partial charge in [-0.05, 0) is 67.0 Å². The molecule has 1 unspecified atom stereocenters. The molecule has 3 atom stereocenters. The fraction of sp³-hybridized carbons (Fsp3) is 0.226. The van der Waals surface area contributed by atoms with E-state index in [0.717, 1.165) is 41.3 Å². The molecule has 1 aliphatic heterocycles. The standard InChI is InChI=1S/C53H48O12/c1-35(54)53(65-49(60)31-25-39-20-12-5-13-21-39)51(40-26-27-42(55)43(56)32-40)63-45-34-41(61-46(57)28-22-36-14-6-2-7-15-36)33-44(62-47(58)29-23-37-16-8-3-9-17-37)50(45)52(53)64-48(59)30-24-38-18-10-4-11-19-38/h2-21,26-27,32-34,51-52,55-56H,22-25,28-31H2,1H3/t51-,52?,53+/m1/s1. The van der Waals surface area contributed by atoms with E-state index >= 15 is 0 Å². The van der Waals surface area contributed by atoms with Gasteiger partial charge in [0, 0.05) is 43.4 Å². The Morgan fingerprint density at radius 3 is 1.48 bits per heavy atom. The third kappa shape index (κ3) is 11.5. The van der Waals surface area contributed by atoms with Crippen molar-refractivity contribution in [2.45, 2.75) is 76.1 Å². The van der Waals surface area contributed by atoms with Crippen molar-refractivity contribution in [3.05, 3.63) is 185 Å². The Morgan fingerprint density at radius 1 is 0.538 bits per heavy atom. The van der Waals surface area contributed by atoms with Crippen LogP contribution in [0.25, 0.3) is 0 Å². The van der Waals surface area contributed by atoms with Crippen LogP contribution >= 0.6 is 0 Å². The van der Waals surface area contributed by atoms with E-state index < -0.39 is 59.0 Å². The first-order chi connectivity index (χ1) is 31.5. The van der Waals surface area contributed by atoms with Gasteiger partial charge in [0.2, 0.25) is 0 Å². The van der Waals surface area contributed by atoms with Crippen LogP contribution in [-0.2, 0) is 59.1 Å². The molecule has 0 amide bonds. The molecule has 0 saturated heterocycles. The molecule has 0 fully saturated rings. The fourth-order valence-electron chi connectivity index (χ4n) is 7.71. The van der Waals surface area contributed by atoms with Crippen LogP contribution in [0.5, 0.6) is 28.7 Å². The Balaban J connectivity index is 1.35. The minimum absolute atomic E-state index is 0.0163. The summed E-state index contributed by atoms with van der Waals surface area (Å²) in [5.41, 5.74) is 0.749.